The van der Waals surface area contributed by atoms with Gasteiger partial charge in [0.2, 0.25) is 11.2 Å². The molecule has 1 amide bonds. The smallest absolute Gasteiger partial charge is 0.450 e. The molecule has 0 aliphatic heterocycles. The lowest BCUT2D eigenvalue weighted by Gasteiger charge is -2.13. The van der Waals surface area contributed by atoms with Crippen molar-refractivity contribution in [1.29, 1.82) is 0 Å². The molecule has 196 valence electrons. The van der Waals surface area contributed by atoms with Gasteiger partial charge in [-0.15, -0.1) is 0 Å². The molecule has 0 saturated heterocycles. The van der Waals surface area contributed by atoms with E-state index in [1.54, 1.807) is 6.92 Å². The van der Waals surface area contributed by atoms with E-state index in [4.69, 9.17) is 25.5 Å². The van der Waals surface area contributed by atoms with E-state index in [9.17, 15) is 27.6 Å². The minimum absolute atomic E-state index is 0.00432. The maximum atomic E-state index is 13.8. The molecule has 0 aliphatic rings. The van der Waals surface area contributed by atoms with Crippen LogP contribution in [-0.2, 0) is 15.7 Å². The van der Waals surface area contributed by atoms with Crippen LogP contribution < -0.4 is 15.5 Å². The van der Waals surface area contributed by atoms with E-state index in [2.05, 4.69) is 5.32 Å². The molecular formula is C27H19ClF3NO6. The summed E-state index contributed by atoms with van der Waals surface area (Å²) in [5.74, 6) is -2.51. The number of halogens is 4. The Balaban J connectivity index is 1.54. The first kappa shape index (κ1) is 26.7. The summed E-state index contributed by atoms with van der Waals surface area (Å²) in [7, 11) is 0. The van der Waals surface area contributed by atoms with Gasteiger partial charge in [0.25, 0.3) is 5.91 Å². The summed E-state index contributed by atoms with van der Waals surface area (Å²) >= 11 is 5.82. The van der Waals surface area contributed by atoms with Crippen LogP contribution in [0.25, 0.3) is 22.1 Å². The Morgan fingerprint density at radius 3 is 2.32 bits per heavy atom. The molecule has 0 radical (unpaired) electrons. The van der Waals surface area contributed by atoms with Crippen molar-refractivity contribution in [2.24, 2.45) is 0 Å². The van der Waals surface area contributed by atoms with E-state index in [-0.39, 0.29) is 28.9 Å². The van der Waals surface area contributed by atoms with E-state index in [0.717, 1.165) is 6.07 Å². The Kier molecular flexibility index (Phi) is 7.72. The van der Waals surface area contributed by atoms with Gasteiger partial charge in [0, 0.05) is 16.8 Å². The van der Waals surface area contributed by atoms with Gasteiger partial charge in [-0.05, 0) is 61.0 Å². The number of benzene rings is 3. The first-order chi connectivity index (χ1) is 18.1. The van der Waals surface area contributed by atoms with Crippen LogP contribution in [-0.4, -0.2) is 25.1 Å². The van der Waals surface area contributed by atoms with Crippen LogP contribution in [0.5, 0.6) is 5.75 Å². The fourth-order valence-corrected chi connectivity index (χ4v) is 3.72. The van der Waals surface area contributed by atoms with Gasteiger partial charge < -0.3 is 19.2 Å². The molecule has 7 nitrogen and oxygen atoms in total. The fourth-order valence-electron chi connectivity index (χ4n) is 3.59. The zero-order valence-corrected chi connectivity index (χ0v) is 20.5. The van der Waals surface area contributed by atoms with Crippen molar-refractivity contribution in [1.82, 2.24) is 0 Å². The normalized spacial score (nSPS) is 11.3. The minimum Gasteiger partial charge on any atom is -0.484 e. The van der Waals surface area contributed by atoms with Crippen molar-refractivity contribution in [3.63, 3.8) is 0 Å². The zero-order valence-electron chi connectivity index (χ0n) is 19.7. The summed E-state index contributed by atoms with van der Waals surface area (Å²) in [5, 5.41) is 2.77. The van der Waals surface area contributed by atoms with Crippen LogP contribution >= 0.6 is 11.6 Å². The molecule has 1 heterocycles. The second-order valence-corrected chi connectivity index (χ2v) is 8.37. The largest absolute Gasteiger partial charge is 0.484 e. The molecule has 1 N–H and O–H groups in total. The van der Waals surface area contributed by atoms with E-state index in [1.807, 2.05) is 0 Å². The van der Waals surface area contributed by atoms with Crippen LogP contribution in [0.1, 0.15) is 23.0 Å². The number of alkyl halides is 3. The molecule has 0 saturated carbocycles. The zero-order chi connectivity index (χ0) is 27.4. The lowest BCUT2D eigenvalue weighted by atomic mass is 10.0. The van der Waals surface area contributed by atoms with Crippen molar-refractivity contribution in [3.05, 3.63) is 93.3 Å². The number of carbonyl (C=O) groups excluding carboxylic acids is 2. The molecule has 0 atom stereocenters. The third-order valence-corrected chi connectivity index (χ3v) is 5.56. The molecule has 0 fully saturated rings. The SMILES string of the molecule is CCOC(=O)c1ccc(NC(=O)COc2ccc3c(=O)c(-c4ccc(Cl)cc4)c(C(F)(F)F)oc3c2)cc1. The van der Waals surface area contributed by atoms with Gasteiger partial charge in [-0.3, -0.25) is 9.59 Å². The Bertz CT molecular complexity index is 1550. The quantitative estimate of drug-likeness (QED) is 0.273. The summed E-state index contributed by atoms with van der Waals surface area (Å²) in [6.45, 7) is 1.43. The molecule has 0 spiro atoms. The minimum atomic E-state index is -4.96. The topological polar surface area (TPSA) is 94.8 Å². The summed E-state index contributed by atoms with van der Waals surface area (Å²) < 4.78 is 56.9. The van der Waals surface area contributed by atoms with E-state index < -0.39 is 41.4 Å². The Morgan fingerprint density at radius 1 is 1.00 bits per heavy atom. The van der Waals surface area contributed by atoms with Crippen LogP contribution in [0.15, 0.2) is 75.9 Å². The fraction of sp³-hybridized carbons (Fsp3) is 0.148. The summed E-state index contributed by atoms with van der Waals surface area (Å²) in [4.78, 5) is 37.0. The highest BCUT2D eigenvalue weighted by Crippen LogP contribution is 2.38. The third kappa shape index (κ3) is 5.97. The van der Waals surface area contributed by atoms with Crippen molar-refractivity contribution < 1.29 is 36.7 Å². The lowest BCUT2D eigenvalue weighted by Crippen LogP contribution is -2.20. The predicted octanol–water partition coefficient (Wildman–Crippen LogP) is 6.33. The third-order valence-electron chi connectivity index (χ3n) is 5.30. The number of ether oxygens (including phenoxy) is 2. The number of anilines is 1. The molecule has 0 aliphatic carbocycles. The lowest BCUT2D eigenvalue weighted by molar-refractivity contribution is -0.152. The van der Waals surface area contributed by atoms with Gasteiger partial charge >= 0.3 is 12.1 Å². The first-order valence-electron chi connectivity index (χ1n) is 11.2. The van der Waals surface area contributed by atoms with Crippen molar-refractivity contribution in [3.8, 4) is 16.9 Å². The Hall–Kier alpha value is -4.31. The molecule has 0 unspecified atom stereocenters. The average Bonchev–Trinajstić information content (AvgIpc) is 2.88. The number of esters is 1. The number of carbonyl (C=O) groups is 2. The second kappa shape index (κ2) is 11.0. The number of rotatable bonds is 7. The van der Waals surface area contributed by atoms with Crippen LogP contribution in [0.3, 0.4) is 0 Å². The maximum Gasteiger partial charge on any atom is 0.450 e. The molecule has 4 rings (SSSR count). The van der Waals surface area contributed by atoms with Crippen LogP contribution in [0, 0.1) is 0 Å². The number of hydrogen-bond donors (Lipinski definition) is 1. The number of amides is 1. The maximum absolute atomic E-state index is 13.8. The highest BCUT2D eigenvalue weighted by Gasteiger charge is 2.39. The van der Waals surface area contributed by atoms with Gasteiger partial charge in [0.05, 0.1) is 23.1 Å². The summed E-state index contributed by atoms with van der Waals surface area (Å²) in [6, 6.07) is 15.0. The van der Waals surface area contributed by atoms with Gasteiger partial charge in [-0.25, -0.2) is 4.79 Å². The number of nitrogens with one attached hydrogen (secondary N) is 1. The van der Waals surface area contributed by atoms with E-state index >= 15 is 0 Å². The molecule has 0 bridgehead atoms. The molecule has 1 aromatic heterocycles. The van der Waals surface area contributed by atoms with Crippen LogP contribution in [0.2, 0.25) is 5.02 Å². The molecule has 4 aromatic rings. The number of fused-ring (bicyclic) bond motifs is 1. The van der Waals surface area contributed by atoms with E-state index in [0.29, 0.717) is 16.3 Å². The first-order valence-corrected chi connectivity index (χ1v) is 11.6. The van der Waals surface area contributed by atoms with Gasteiger partial charge in [-0.1, -0.05) is 23.7 Å². The Labute approximate surface area is 218 Å². The van der Waals surface area contributed by atoms with Gasteiger partial charge in [0.1, 0.15) is 11.3 Å². The molecular weight excluding hydrogens is 527 g/mol. The van der Waals surface area contributed by atoms with Crippen LogP contribution in [0.4, 0.5) is 18.9 Å². The van der Waals surface area contributed by atoms with Crippen molar-refractivity contribution in [2.45, 2.75) is 13.1 Å². The Morgan fingerprint density at radius 2 is 1.68 bits per heavy atom. The average molecular weight is 546 g/mol. The number of hydrogen-bond acceptors (Lipinski definition) is 6. The predicted molar refractivity (Wildman–Crippen MR) is 134 cm³/mol. The van der Waals surface area contributed by atoms with Gasteiger partial charge in [0.15, 0.2) is 6.61 Å². The highest BCUT2D eigenvalue weighted by atomic mass is 35.5. The summed E-state index contributed by atoms with van der Waals surface area (Å²) in [6.07, 6.45) is -4.96. The summed E-state index contributed by atoms with van der Waals surface area (Å²) in [5.41, 5.74) is -1.16. The molecule has 3 aromatic carbocycles. The second-order valence-electron chi connectivity index (χ2n) is 7.93. The highest BCUT2D eigenvalue weighted by molar-refractivity contribution is 6.30. The van der Waals surface area contributed by atoms with Gasteiger partial charge in [-0.2, -0.15) is 13.2 Å². The standard InChI is InChI=1S/C27H19ClF3NO6/c1-2-36-26(35)16-5-9-18(10-6-16)32-22(33)14-37-19-11-12-20-21(13-19)38-25(27(29,30)31)23(24(20)34)15-3-7-17(28)8-4-15/h3-13H,2,14H2,1H3,(H,32,33). The van der Waals surface area contributed by atoms with Crippen molar-refractivity contribution in [2.75, 3.05) is 18.5 Å². The monoisotopic (exact) mass is 545 g/mol. The molecule has 38 heavy (non-hydrogen) atoms. The van der Waals surface area contributed by atoms with Crippen molar-refractivity contribution >= 4 is 40.1 Å². The van der Waals surface area contributed by atoms with E-state index in [1.165, 1.54) is 60.7 Å². The molecule has 11 heteroatoms.